The van der Waals surface area contributed by atoms with Crippen LogP contribution in [0.5, 0.6) is 5.75 Å². The minimum Gasteiger partial charge on any atom is -0.487 e. The molecule has 9 heteroatoms. The van der Waals surface area contributed by atoms with Gasteiger partial charge in [0, 0.05) is 49.5 Å². The number of nitrogens with zero attached hydrogens (tertiary/aromatic N) is 5. The number of ether oxygens (including phenoxy) is 2. The van der Waals surface area contributed by atoms with Crippen molar-refractivity contribution in [3.63, 3.8) is 0 Å². The molecule has 0 radical (unpaired) electrons. The molecule has 1 N–H and O–H groups in total. The van der Waals surface area contributed by atoms with Crippen molar-refractivity contribution in [2.45, 2.75) is 38.0 Å². The van der Waals surface area contributed by atoms with Gasteiger partial charge in [-0.1, -0.05) is 12.1 Å². The minimum atomic E-state index is -0.141. The third-order valence-corrected chi connectivity index (χ3v) is 6.77. The summed E-state index contributed by atoms with van der Waals surface area (Å²) >= 11 is 0. The Morgan fingerprint density at radius 1 is 1.15 bits per heavy atom. The fourth-order valence-corrected chi connectivity index (χ4v) is 4.76. The van der Waals surface area contributed by atoms with Crippen LogP contribution in [0.3, 0.4) is 0 Å². The van der Waals surface area contributed by atoms with Gasteiger partial charge < -0.3 is 14.5 Å². The second-order valence-electron chi connectivity index (χ2n) is 8.84. The van der Waals surface area contributed by atoms with Crippen molar-refractivity contribution >= 4 is 21.8 Å². The van der Waals surface area contributed by atoms with Crippen molar-refractivity contribution in [1.29, 1.82) is 0 Å². The molecule has 5 heterocycles. The monoisotopic (exact) mass is 446 g/mol. The average Bonchev–Trinajstić information content (AvgIpc) is 3.26. The van der Waals surface area contributed by atoms with Crippen molar-refractivity contribution in [1.82, 2.24) is 29.6 Å². The molecule has 9 nitrogen and oxygen atoms in total. The smallest absolute Gasteiger partial charge is 0.262 e. The number of hydrogen-bond acceptors (Lipinski definition) is 7. The first-order valence-corrected chi connectivity index (χ1v) is 11.5. The summed E-state index contributed by atoms with van der Waals surface area (Å²) in [6, 6.07) is 8.19. The van der Waals surface area contributed by atoms with Gasteiger partial charge in [-0.05, 0) is 31.9 Å². The van der Waals surface area contributed by atoms with E-state index in [2.05, 4.69) is 26.9 Å². The Morgan fingerprint density at radius 3 is 2.85 bits per heavy atom. The van der Waals surface area contributed by atoms with Gasteiger partial charge in [0.25, 0.3) is 5.56 Å². The van der Waals surface area contributed by atoms with Crippen LogP contribution in [0.2, 0.25) is 0 Å². The van der Waals surface area contributed by atoms with E-state index in [0.29, 0.717) is 30.1 Å². The zero-order chi connectivity index (χ0) is 22.4. The number of fused-ring (bicyclic) bond motifs is 2. The number of hydrogen-bond donors (Lipinski definition) is 1. The maximum absolute atomic E-state index is 12.7. The maximum atomic E-state index is 12.7. The number of pyridine rings is 1. The Labute approximate surface area is 190 Å². The topological polar surface area (TPSA) is 98.2 Å². The number of rotatable bonds is 5. The summed E-state index contributed by atoms with van der Waals surface area (Å²) in [4.78, 5) is 27.0. The third-order valence-electron chi connectivity index (χ3n) is 6.77. The summed E-state index contributed by atoms with van der Waals surface area (Å²) in [6.07, 6.45) is 7.11. The Kier molecular flexibility index (Phi) is 5.07. The Bertz CT molecular complexity index is 1350. The highest BCUT2D eigenvalue weighted by Crippen LogP contribution is 2.30. The highest BCUT2D eigenvalue weighted by molar-refractivity contribution is 5.87. The molecule has 0 aliphatic carbocycles. The number of nitrogens with one attached hydrogen (secondary N) is 1. The standard InChI is InChI=1S/C24H26N6O3/c1-15(29-13-18(14-29)33-21-4-2-3-16-11-25-8-5-19(16)21)22-27-23-20(24(31)28-22)12-26-30(23)17-6-9-32-10-7-17/h2-5,8,11-12,15,17-18H,6-7,9-10,13-14H2,1H3,(H,27,28,31). The van der Waals surface area contributed by atoms with Gasteiger partial charge in [-0.25, -0.2) is 9.67 Å². The number of aromatic amines is 1. The SMILES string of the molecule is CC(c1nc2c(cnn2C2CCOCC2)c(=O)[nH]1)N1CC(Oc2cccc3cnccc23)C1. The predicted octanol–water partition coefficient (Wildman–Crippen LogP) is 2.84. The van der Waals surface area contributed by atoms with Crippen LogP contribution in [-0.2, 0) is 4.74 Å². The van der Waals surface area contributed by atoms with E-state index >= 15 is 0 Å². The van der Waals surface area contributed by atoms with E-state index in [4.69, 9.17) is 14.5 Å². The zero-order valence-electron chi connectivity index (χ0n) is 18.5. The lowest BCUT2D eigenvalue weighted by Crippen LogP contribution is -2.54. The van der Waals surface area contributed by atoms with Crippen LogP contribution in [0, 0.1) is 0 Å². The fourth-order valence-electron chi connectivity index (χ4n) is 4.76. The predicted molar refractivity (Wildman–Crippen MR) is 123 cm³/mol. The molecule has 2 aliphatic rings. The normalized spacial score (nSPS) is 19.1. The van der Waals surface area contributed by atoms with E-state index in [9.17, 15) is 4.79 Å². The quantitative estimate of drug-likeness (QED) is 0.503. The van der Waals surface area contributed by atoms with Crippen LogP contribution in [0.4, 0.5) is 0 Å². The summed E-state index contributed by atoms with van der Waals surface area (Å²) < 4.78 is 13.6. The second kappa shape index (κ2) is 8.24. The molecule has 33 heavy (non-hydrogen) atoms. The van der Waals surface area contributed by atoms with Crippen molar-refractivity contribution in [2.75, 3.05) is 26.3 Å². The van der Waals surface area contributed by atoms with Crippen molar-refractivity contribution in [3.8, 4) is 5.75 Å². The first-order valence-electron chi connectivity index (χ1n) is 11.5. The first kappa shape index (κ1) is 20.3. The number of likely N-dealkylation sites (tertiary alicyclic amines) is 1. The van der Waals surface area contributed by atoms with Crippen LogP contribution < -0.4 is 10.3 Å². The Balaban J connectivity index is 1.19. The number of H-pyrrole nitrogens is 1. The van der Waals surface area contributed by atoms with Gasteiger partial charge in [0.1, 0.15) is 23.1 Å². The van der Waals surface area contributed by atoms with Gasteiger partial charge in [-0.15, -0.1) is 0 Å². The molecule has 1 aromatic carbocycles. The molecule has 170 valence electrons. The summed E-state index contributed by atoms with van der Waals surface area (Å²) in [5, 5.41) is 7.15. The first-order chi connectivity index (χ1) is 16.2. The van der Waals surface area contributed by atoms with E-state index in [1.807, 2.05) is 35.1 Å². The van der Waals surface area contributed by atoms with Gasteiger partial charge in [0.05, 0.1) is 18.3 Å². The third kappa shape index (κ3) is 3.67. The van der Waals surface area contributed by atoms with Crippen molar-refractivity contribution < 1.29 is 9.47 Å². The molecule has 0 spiro atoms. The molecule has 4 aromatic rings. The molecule has 2 fully saturated rings. The van der Waals surface area contributed by atoms with Crippen LogP contribution >= 0.6 is 0 Å². The Hall–Kier alpha value is -3.30. The molecule has 6 rings (SSSR count). The average molecular weight is 447 g/mol. The van der Waals surface area contributed by atoms with Crippen LogP contribution in [-0.4, -0.2) is 62.0 Å². The van der Waals surface area contributed by atoms with Crippen molar-refractivity contribution in [2.24, 2.45) is 0 Å². The van der Waals surface area contributed by atoms with E-state index < -0.39 is 0 Å². The number of benzene rings is 1. The lowest BCUT2D eigenvalue weighted by Gasteiger charge is -2.42. The summed E-state index contributed by atoms with van der Waals surface area (Å²) in [5.41, 5.74) is 0.517. The molecule has 2 aliphatic heterocycles. The zero-order valence-corrected chi connectivity index (χ0v) is 18.5. The second-order valence-corrected chi connectivity index (χ2v) is 8.84. The summed E-state index contributed by atoms with van der Waals surface area (Å²) in [6.45, 7) is 5.02. The van der Waals surface area contributed by atoms with Gasteiger partial charge in [-0.3, -0.25) is 14.7 Å². The fraction of sp³-hybridized carbons (Fsp3) is 0.417. The largest absolute Gasteiger partial charge is 0.487 e. The lowest BCUT2D eigenvalue weighted by molar-refractivity contribution is -0.00657. The van der Waals surface area contributed by atoms with Crippen molar-refractivity contribution in [3.05, 3.63) is 59.0 Å². The molecule has 2 saturated heterocycles. The van der Waals surface area contributed by atoms with E-state index in [0.717, 1.165) is 42.5 Å². The molecular weight excluding hydrogens is 420 g/mol. The minimum absolute atomic E-state index is 0.0308. The Morgan fingerprint density at radius 2 is 2.00 bits per heavy atom. The molecule has 1 unspecified atom stereocenters. The molecule has 1 atom stereocenters. The number of aromatic nitrogens is 5. The molecule has 0 bridgehead atoms. The van der Waals surface area contributed by atoms with Crippen LogP contribution in [0.1, 0.15) is 37.7 Å². The van der Waals surface area contributed by atoms with Gasteiger partial charge in [0.2, 0.25) is 0 Å². The van der Waals surface area contributed by atoms with Gasteiger partial charge >= 0.3 is 0 Å². The highest BCUT2D eigenvalue weighted by Gasteiger charge is 2.34. The summed E-state index contributed by atoms with van der Waals surface area (Å²) in [7, 11) is 0. The summed E-state index contributed by atoms with van der Waals surface area (Å²) in [5.74, 6) is 1.54. The van der Waals surface area contributed by atoms with Gasteiger partial charge in [0.15, 0.2) is 5.65 Å². The van der Waals surface area contributed by atoms with E-state index in [1.165, 1.54) is 0 Å². The molecule has 0 amide bonds. The molecule has 0 saturated carbocycles. The van der Waals surface area contributed by atoms with Crippen LogP contribution in [0.15, 0.2) is 47.7 Å². The molecule has 3 aromatic heterocycles. The van der Waals surface area contributed by atoms with Gasteiger partial charge in [-0.2, -0.15) is 5.10 Å². The van der Waals surface area contributed by atoms with E-state index in [-0.39, 0.29) is 23.7 Å². The highest BCUT2D eigenvalue weighted by atomic mass is 16.5. The molecular formula is C24H26N6O3. The lowest BCUT2D eigenvalue weighted by atomic mass is 10.1. The van der Waals surface area contributed by atoms with E-state index in [1.54, 1.807) is 12.4 Å². The maximum Gasteiger partial charge on any atom is 0.262 e. The van der Waals surface area contributed by atoms with Crippen LogP contribution in [0.25, 0.3) is 21.8 Å².